The minimum atomic E-state index is -4.06. The zero-order chi connectivity index (χ0) is 14.0. The largest absolute Gasteiger partial charge is 0.478 e. The van der Waals surface area contributed by atoms with E-state index in [0.717, 1.165) is 6.20 Å². The number of carbonyl (C=O) groups is 1. The zero-order valence-corrected chi connectivity index (χ0v) is 11.6. The smallest absolute Gasteiger partial charge is 0.340 e. The summed E-state index contributed by atoms with van der Waals surface area (Å²) in [7, 11) is -4.06. The molecule has 0 aliphatic rings. The van der Waals surface area contributed by atoms with Crippen LogP contribution in [-0.2, 0) is 10.0 Å². The summed E-state index contributed by atoms with van der Waals surface area (Å²) in [5.74, 6) is -1.39. The summed E-state index contributed by atoms with van der Waals surface area (Å²) in [5.41, 5.74) is -0.230. The van der Waals surface area contributed by atoms with Crippen molar-refractivity contribution < 1.29 is 18.3 Å². The van der Waals surface area contributed by atoms with E-state index < -0.39 is 26.6 Å². The molecule has 0 bridgehead atoms. The van der Waals surface area contributed by atoms with Crippen molar-refractivity contribution in [3.05, 3.63) is 34.7 Å². The molecule has 19 heavy (non-hydrogen) atoms. The van der Waals surface area contributed by atoms with Gasteiger partial charge in [-0.3, -0.25) is 9.82 Å². The summed E-state index contributed by atoms with van der Waals surface area (Å²) >= 11 is 3.11. The molecule has 0 radical (unpaired) electrons. The quantitative estimate of drug-likeness (QED) is 0.711. The van der Waals surface area contributed by atoms with Gasteiger partial charge in [0.05, 0.1) is 18.1 Å². The van der Waals surface area contributed by atoms with Crippen molar-refractivity contribution in [2.24, 2.45) is 0 Å². The summed E-state index contributed by atoms with van der Waals surface area (Å²) in [5, 5.41) is 13.9. The van der Waals surface area contributed by atoms with Crippen molar-refractivity contribution in [1.82, 2.24) is 15.2 Å². The third-order valence-electron chi connectivity index (χ3n) is 2.08. The molecule has 0 amide bonds. The van der Waals surface area contributed by atoms with Gasteiger partial charge in [-0.2, -0.15) is 13.5 Å². The number of nitrogens with one attached hydrogen (secondary N) is 2. The van der Waals surface area contributed by atoms with Crippen molar-refractivity contribution in [3.8, 4) is 0 Å². The highest BCUT2D eigenvalue weighted by Gasteiger charge is 2.24. The van der Waals surface area contributed by atoms with Gasteiger partial charge in [-0.1, -0.05) is 0 Å². The Kier molecular flexibility index (Phi) is 3.53. The number of aromatic amines is 1. The standard InChI is InChI=1S/C9H7BrN4O4S/c10-7-2-1-5(3-11-7)14-19(17,18)8-6(9(15)16)4-12-13-8/h1-4,14H,(H,12,13)(H,15,16). The number of hydrogen-bond donors (Lipinski definition) is 3. The second-order valence-electron chi connectivity index (χ2n) is 3.39. The predicted molar refractivity (Wildman–Crippen MR) is 68.3 cm³/mol. The van der Waals surface area contributed by atoms with Gasteiger partial charge < -0.3 is 5.11 Å². The Hall–Kier alpha value is -1.94. The molecule has 0 saturated heterocycles. The van der Waals surface area contributed by atoms with Crippen LogP contribution in [0.5, 0.6) is 0 Å². The molecule has 2 aromatic heterocycles. The number of pyridine rings is 1. The lowest BCUT2D eigenvalue weighted by atomic mass is 10.4. The van der Waals surface area contributed by atoms with Crippen molar-refractivity contribution >= 4 is 37.6 Å². The van der Waals surface area contributed by atoms with E-state index in [9.17, 15) is 13.2 Å². The molecule has 10 heteroatoms. The highest BCUT2D eigenvalue weighted by atomic mass is 79.9. The molecule has 8 nitrogen and oxygen atoms in total. The van der Waals surface area contributed by atoms with Crippen LogP contribution in [0.25, 0.3) is 0 Å². The van der Waals surface area contributed by atoms with Crippen molar-refractivity contribution in [2.75, 3.05) is 4.72 Å². The van der Waals surface area contributed by atoms with Gasteiger partial charge in [0.2, 0.25) is 0 Å². The minimum absolute atomic E-state index is 0.203. The summed E-state index contributed by atoms with van der Waals surface area (Å²) in [6, 6.07) is 3.02. The van der Waals surface area contributed by atoms with Crippen LogP contribution in [0, 0.1) is 0 Å². The number of H-pyrrole nitrogens is 1. The predicted octanol–water partition coefficient (Wildman–Crippen LogP) is 1.07. The molecular weight excluding hydrogens is 340 g/mol. The van der Waals surface area contributed by atoms with E-state index in [1.165, 1.54) is 12.3 Å². The van der Waals surface area contributed by atoms with E-state index in [0.29, 0.717) is 4.60 Å². The minimum Gasteiger partial charge on any atom is -0.478 e. The average Bonchev–Trinajstić information content (AvgIpc) is 2.82. The lowest BCUT2D eigenvalue weighted by Gasteiger charge is -2.06. The number of carboxylic acid groups (broad SMARTS) is 1. The van der Waals surface area contributed by atoms with E-state index in [1.807, 2.05) is 0 Å². The molecule has 0 fully saturated rings. The van der Waals surface area contributed by atoms with Crippen LogP contribution < -0.4 is 4.72 Å². The molecule has 0 spiro atoms. The van der Waals surface area contributed by atoms with Crippen LogP contribution >= 0.6 is 15.9 Å². The third-order valence-corrected chi connectivity index (χ3v) is 3.91. The topological polar surface area (TPSA) is 125 Å². The van der Waals surface area contributed by atoms with E-state index >= 15 is 0 Å². The van der Waals surface area contributed by atoms with Crippen LogP contribution in [0.2, 0.25) is 0 Å². The Morgan fingerprint density at radius 2 is 2.11 bits per heavy atom. The molecule has 2 heterocycles. The Morgan fingerprint density at radius 1 is 1.37 bits per heavy atom. The molecule has 2 aromatic rings. The summed E-state index contributed by atoms with van der Waals surface area (Å²) < 4.78 is 26.7. The fourth-order valence-electron chi connectivity index (χ4n) is 1.27. The van der Waals surface area contributed by atoms with Gasteiger partial charge in [-0.15, -0.1) is 0 Å². The Balaban J connectivity index is 2.35. The molecule has 0 aliphatic heterocycles. The van der Waals surface area contributed by atoms with E-state index in [-0.39, 0.29) is 5.69 Å². The maximum Gasteiger partial charge on any atom is 0.340 e. The number of hydrogen-bond acceptors (Lipinski definition) is 5. The van der Waals surface area contributed by atoms with Gasteiger partial charge in [0, 0.05) is 0 Å². The van der Waals surface area contributed by atoms with Gasteiger partial charge in [0.25, 0.3) is 10.0 Å². The van der Waals surface area contributed by atoms with Crippen LogP contribution in [0.15, 0.2) is 34.2 Å². The molecule has 0 atom stereocenters. The first kappa shape index (κ1) is 13.5. The zero-order valence-electron chi connectivity index (χ0n) is 9.16. The SMILES string of the molecule is O=C(O)c1cn[nH]c1S(=O)(=O)Nc1ccc(Br)nc1. The number of rotatable bonds is 4. The van der Waals surface area contributed by atoms with Crippen molar-refractivity contribution in [3.63, 3.8) is 0 Å². The number of carboxylic acids is 1. The molecule has 0 saturated carbocycles. The normalized spacial score (nSPS) is 11.2. The molecular formula is C9H7BrN4O4S. The van der Waals surface area contributed by atoms with Gasteiger partial charge >= 0.3 is 5.97 Å². The number of halogens is 1. The number of sulfonamides is 1. The van der Waals surface area contributed by atoms with Gasteiger partial charge in [0.15, 0.2) is 5.03 Å². The molecule has 100 valence electrons. The first-order valence-electron chi connectivity index (χ1n) is 4.81. The molecule has 2 rings (SSSR count). The fourth-order valence-corrected chi connectivity index (χ4v) is 2.64. The lowest BCUT2D eigenvalue weighted by Crippen LogP contribution is -2.16. The summed E-state index contributed by atoms with van der Waals surface area (Å²) in [6.45, 7) is 0. The van der Waals surface area contributed by atoms with Gasteiger partial charge in [-0.25, -0.2) is 9.78 Å². The molecule has 0 aliphatic carbocycles. The van der Waals surface area contributed by atoms with Gasteiger partial charge in [0.1, 0.15) is 10.2 Å². The average molecular weight is 347 g/mol. The van der Waals surface area contributed by atoms with E-state index in [4.69, 9.17) is 5.11 Å². The van der Waals surface area contributed by atoms with Crippen LogP contribution in [0.3, 0.4) is 0 Å². The molecule has 0 aromatic carbocycles. The van der Waals surface area contributed by atoms with Crippen LogP contribution in [-0.4, -0.2) is 34.7 Å². The van der Waals surface area contributed by atoms with E-state index in [1.54, 1.807) is 6.07 Å². The Morgan fingerprint density at radius 3 is 2.68 bits per heavy atom. The third kappa shape index (κ3) is 2.90. The van der Waals surface area contributed by atoms with Crippen molar-refractivity contribution in [1.29, 1.82) is 0 Å². The second-order valence-corrected chi connectivity index (χ2v) is 5.82. The number of nitrogens with zero attached hydrogens (tertiary/aromatic N) is 2. The second kappa shape index (κ2) is 4.97. The Labute approximate surface area is 116 Å². The fraction of sp³-hybridized carbons (Fsp3) is 0. The monoisotopic (exact) mass is 346 g/mol. The lowest BCUT2D eigenvalue weighted by molar-refractivity contribution is 0.0692. The highest BCUT2D eigenvalue weighted by Crippen LogP contribution is 2.18. The van der Waals surface area contributed by atoms with Gasteiger partial charge in [-0.05, 0) is 28.1 Å². The maximum atomic E-state index is 12.0. The van der Waals surface area contributed by atoms with Crippen LogP contribution in [0.1, 0.15) is 10.4 Å². The highest BCUT2D eigenvalue weighted by molar-refractivity contribution is 9.10. The first-order valence-corrected chi connectivity index (χ1v) is 7.09. The summed E-state index contributed by atoms with van der Waals surface area (Å²) in [6.07, 6.45) is 2.22. The molecule has 3 N–H and O–H groups in total. The molecule has 0 unspecified atom stereocenters. The van der Waals surface area contributed by atoms with Crippen molar-refractivity contribution in [2.45, 2.75) is 5.03 Å². The first-order chi connectivity index (χ1) is 8.90. The summed E-state index contributed by atoms with van der Waals surface area (Å²) in [4.78, 5) is 14.7. The number of aromatic carboxylic acids is 1. The van der Waals surface area contributed by atoms with E-state index in [2.05, 4.69) is 35.8 Å². The number of anilines is 1. The Bertz CT molecular complexity index is 710. The van der Waals surface area contributed by atoms with Crippen LogP contribution in [0.4, 0.5) is 5.69 Å². The number of aromatic nitrogens is 3. The maximum absolute atomic E-state index is 12.0.